The van der Waals surface area contributed by atoms with Gasteiger partial charge in [-0.3, -0.25) is 0 Å². The molecule has 0 spiro atoms. The normalized spacial score (nSPS) is 12.9. The number of aryl methyl sites for hydroxylation is 2. The highest BCUT2D eigenvalue weighted by molar-refractivity contribution is 7.12. The van der Waals surface area contributed by atoms with Gasteiger partial charge in [0.05, 0.1) is 12.2 Å². The van der Waals surface area contributed by atoms with E-state index in [9.17, 15) is 0 Å². The molecule has 0 fully saturated rings. The standard InChI is InChI=1S/C13H18N2OS/c1-4-12-5-6-13(17-12)10(3)14-8-11-7-9(2)15-16-11/h5-7,10,14H,4,8H2,1-3H3. The van der Waals surface area contributed by atoms with Gasteiger partial charge in [0, 0.05) is 21.9 Å². The van der Waals surface area contributed by atoms with Crippen LogP contribution in [0.1, 0.15) is 41.1 Å². The molecule has 0 aliphatic rings. The minimum absolute atomic E-state index is 0.353. The summed E-state index contributed by atoms with van der Waals surface area (Å²) in [5.41, 5.74) is 0.929. The van der Waals surface area contributed by atoms with Gasteiger partial charge in [-0.2, -0.15) is 0 Å². The van der Waals surface area contributed by atoms with Crippen molar-refractivity contribution in [2.45, 2.75) is 39.8 Å². The summed E-state index contributed by atoms with van der Waals surface area (Å²) < 4.78 is 5.17. The van der Waals surface area contributed by atoms with Crippen molar-refractivity contribution in [3.8, 4) is 0 Å². The van der Waals surface area contributed by atoms with Gasteiger partial charge in [0.1, 0.15) is 0 Å². The number of aromatic nitrogens is 1. The Labute approximate surface area is 106 Å². The summed E-state index contributed by atoms with van der Waals surface area (Å²) >= 11 is 1.87. The van der Waals surface area contributed by atoms with Crippen molar-refractivity contribution in [2.24, 2.45) is 0 Å². The van der Waals surface area contributed by atoms with E-state index in [0.717, 1.165) is 24.4 Å². The molecule has 2 rings (SSSR count). The zero-order valence-electron chi connectivity index (χ0n) is 10.5. The van der Waals surface area contributed by atoms with E-state index < -0.39 is 0 Å². The summed E-state index contributed by atoms with van der Waals surface area (Å²) in [7, 11) is 0. The molecule has 0 aliphatic heterocycles. The molecule has 0 aliphatic carbocycles. The van der Waals surface area contributed by atoms with Crippen LogP contribution in [0.5, 0.6) is 0 Å². The maximum atomic E-state index is 5.17. The Balaban J connectivity index is 1.90. The van der Waals surface area contributed by atoms with E-state index in [2.05, 4.69) is 36.5 Å². The lowest BCUT2D eigenvalue weighted by molar-refractivity contribution is 0.363. The number of nitrogens with one attached hydrogen (secondary N) is 1. The van der Waals surface area contributed by atoms with Crippen LogP contribution in [0.2, 0.25) is 0 Å². The molecule has 2 heterocycles. The fourth-order valence-electron chi connectivity index (χ4n) is 1.67. The van der Waals surface area contributed by atoms with E-state index >= 15 is 0 Å². The van der Waals surface area contributed by atoms with Gasteiger partial charge in [-0.15, -0.1) is 11.3 Å². The molecule has 17 heavy (non-hydrogen) atoms. The predicted octanol–water partition coefficient (Wildman–Crippen LogP) is 3.46. The fraction of sp³-hybridized carbons (Fsp3) is 0.462. The molecule has 0 saturated carbocycles. The van der Waals surface area contributed by atoms with Crippen LogP contribution in [-0.4, -0.2) is 5.16 Å². The van der Waals surface area contributed by atoms with Crippen molar-refractivity contribution >= 4 is 11.3 Å². The van der Waals surface area contributed by atoms with Gasteiger partial charge in [0.25, 0.3) is 0 Å². The number of hydrogen-bond acceptors (Lipinski definition) is 4. The summed E-state index contributed by atoms with van der Waals surface area (Å²) in [6.45, 7) is 7.02. The average molecular weight is 250 g/mol. The maximum Gasteiger partial charge on any atom is 0.150 e. The van der Waals surface area contributed by atoms with E-state index in [-0.39, 0.29) is 0 Å². The summed E-state index contributed by atoms with van der Waals surface area (Å²) in [5, 5.41) is 7.31. The Kier molecular flexibility index (Phi) is 3.97. The number of nitrogens with zero attached hydrogens (tertiary/aromatic N) is 1. The molecular formula is C13H18N2OS. The summed E-state index contributed by atoms with van der Waals surface area (Å²) in [6, 6.07) is 6.72. The van der Waals surface area contributed by atoms with E-state index in [4.69, 9.17) is 4.52 Å². The monoisotopic (exact) mass is 250 g/mol. The van der Waals surface area contributed by atoms with Crippen LogP contribution in [0.3, 0.4) is 0 Å². The zero-order valence-corrected chi connectivity index (χ0v) is 11.3. The van der Waals surface area contributed by atoms with Gasteiger partial charge in [0.2, 0.25) is 0 Å². The van der Waals surface area contributed by atoms with Crippen LogP contribution < -0.4 is 5.32 Å². The second-order valence-corrected chi connectivity index (χ2v) is 5.39. The Morgan fingerprint density at radius 1 is 1.47 bits per heavy atom. The first-order chi connectivity index (χ1) is 8.19. The van der Waals surface area contributed by atoms with Gasteiger partial charge in [-0.1, -0.05) is 12.1 Å². The third-order valence-corrected chi connectivity index (χ3v) is 4.13. The van der Waals surface area contributed by atoms with Crippen LogP contribution >= 0.6 is 11.3 Å². The highest BCUT2D eigenvalue weighted by atomic mass is 32.1. The predicted molar refractivity (Wildman–Crippen MR) is 70.2 cm³/mol. The molecule has 1 N–H and O–H groups in total. The molecule has 92 valence electrons. The van der Waals surface area contributed by atoms with Gasteiger partial charge in [-0.25, -0.2) is 0 Å². The zero-order chi connectivity index (χ0) is 12.3. The lowest BCUT2D eigenvalue weighted by Gasteiger charge is -2.09. The first-order valence-electron chi connectivity index (χ1n) is 5.93. The molecule has 2 aromatic heterocycles. The quantitative estimate of drug-likeness (QED) is 0.883. The lowest BCUT2D eigenvalue weighted by Crippen LogP contribution is -2.16. The van der Waals surface area contributed by atoms with Crippen molar-refractivity contribution in [3.05, 3.63) is 39.4 Å². The van der Waals surface area contributed by atoms with Gasteiger partial charge >= 0.3 is 0 Å². The molecular weight excluding hydrogens is 232 g/mol. The number of hydrogen-bond donors (Lipinski definition) is 1. The molecule has 0 saturated heterocycles. The first kappa shape index (κ1) is 12.3. The molecule has 0 aromatic carbocycles. The fourth-order valence-corrected chi connectivity index (χ4v) is 2.65. The van der Waals surface area contributed by atoms with Crippen LogP contribution in [0, 0.1) is 6.92 Å². The van der Waals surface area contributed by atoms with Crippen LogP contribution in [0.25, 0.3) is 0 Å². The SMILES string of the molecule is CCc1ccc(C(C)NCc2cc(C)no2)s1. The summed E-state index contributed by atoms with van der Waals surface area (Å²) in [4.78, 5) is 2.81. The molecule has 4 heteroatoms. The molecule has 0 bridgehead atoms. The van der Waals surface area contributed by atoms with Gasteiger partial charge in [-0.05, 0) is 32.4 Å². The Morgan fingerprint density at radius 3 is 2.88 bits per heavy atom. The van der Waals surface area contributed by atoms with Crippen molar-refractivity contribution in [3.63, 3.8) is 0 Å². The van der Waals surface area contributed by atoms with E-state index in [1.807, 2.05) is 24.3 Å². The highest BCUT2D eigenvalue weighted by Crippen LogP contribution is 2.23. The Bertz CT molecular complexity index is 475. The molecule has 3 nitrogen and oxygen atoms in total. The maximum absolute atomic E-state index is 5.17. The average Bonchev–Trinajstić information content (AvgIpc) is 2.94. The second-order valence-electron chi connectivity index (χ2n) is 4.19. The van der Waals surface area contributed by atoms with Crippen molar-refractivity contribution in [1.29, 1.82) is 0 Å². The summed E-state index contributed by atoms with van der Waals surface area (Å²) in [5.74, 6) is 0.890. The molecule has 0 radical (unpaired) electrons. The van der Waals surface area contributed by atoms with E-state index in [1.165, 1.54) is 9.75 Å². The summed E-state index contributed by atoms with van der Waals surface area (Å²) in [6.07, 6.45) is 1.11. The Hall–Kier alpha value is -1.13. The largest absolute Gasteiger partial charge is 0.360 e. The van der Waals surface area contributed by atoms with Crippen molar-refractivity contribution in [2.75, 3.05) is 0 Å². The minimum atomic E-state index is 0.353. The van der Waals surface area contributed by atoms with Crippen LogP contribution in [-0.2, 0) is 13.0 Å². The molecule has 0 amide bonds. The van der Waals surface area contributed by atoms with Crippen molar-refractivity contribution in [1.82, 2.24) is 10.5 Å². The first-order valence-corrected chi connectivity index (χ1v) is 6.75. The minimum Gasteiger partial charge on any atom is -0.360 e. The molecule has 2 aromatic rings. The third kappa shape index (κ3) is 3.17. The topological polar surface area (TPSA) is 38.1 Å². The lowest BCUT2D eigenvalue weighted by atomic mass is 10.2. The molecule has 1 unspecified atom stereocenters. The highest BCUT2D eigenvalue weighted by Gasteiger charge is 2.09. The van der Waals surface area contributed by atoms with Crippen LogP contribution in [0.4, 0.5) is 0 Å². The number of rotatable bonds is 5. The van der Waals surface area contributed by atoms with Gasteiger partial charge < -0.3 is 9.84 Å². The smallest absolute Gasteiger partial charge is 0.150 e. The van der Waals surface area contributed by atoms with Crippen molar-refractivity contribution < 1.29 is 4.52 Å². The third-order valence-electron chi connectivity index (χ3n) is 2.72. The molecule has 1 atom stereocenters. The van der Waals surface area contributed by atoms with Gasteiger partial charge in [0.15, 0.2) is 5.76 Å². The Morgan fingerprint density at radius 2 is 2.29 bits per heavy atom. The van der Waals surface area contributed by atoms with E-state index in [1.54, 1.807) is 0 Å². The van der Waals surface area contributed by atoms with Crippen LogP contribution in [0.15, 0.2) is 22.7 Å². The van der Waals surface area contributed by atoms with E-state index in [0.29, 0.717) is 6.04 Å². The second kappa shape index (κ2) is 5.47. The number of thiophene rings is 1.